The molecule has 3 atom stereocenters. The Labute approximate surface area is 217 Å². The number of benzene rings is 1. The van der Waals surface area contributed by atoms with Gasteiger partial charge in [0.15, 0.2) is 5.17 Å². The lowest BCUT2D eigenvalue weighted by atomic mass is 9.84. The number of aliphatic imine (C=N–C) groups is 1. The zero-order chi connectivity index (χ0) is 26.3. The molecular weight excluding hydrogens is 497 g/mol. The van der Waals surface area contributed by atoms with Gasteiger partial charge in [0.2, 0.25) is 5.91 Å². The molecule has 196 valence electrons. The van der Waals surface area contributed by atoms with E-state index in [0.717, 1.165) is 29.3 Å². The van der Waals surface area contributed by atoms with Crippen molar-refractivity contribution in [2.75, 3.05) is 26.4 Å². The molecular formula is C26H36FN3O4SSi. The number of carboxylic acid groups (broad SMARTS) is 1. The van der Waals surface area contributed by atoms with Crippen LogP contribution in [0.5, 0.6) is 0 Å². The smallest absolute Gasteiger partial charge is 0.415 e. The number of halogens is 1. The molecule has 10 heteroatoms. The van der Waals surface area contributed by atoms with Crippen LogP contribution in [0.15, 0.2) is 29.8 Å². The third-order valence-electron chi connectivity index (χ3n) is 7.40. The molecule has 0 aromatic heterocycles. The van der Waals surface area contributed by atoms with E-state index in [-0.39, 0.29) is 23.7 Å². The Bertz CT molecular complexity index is 1090. The maximum Gasteiger partial charge on any atom is 0.415 e. The second kappa shape index (κ2) is 9.94. The number of nitrogens with zero attached hydrogens (tertiary/aromatic N) is 3. The minimum Gasteiger partial charge on any atom is -0.465 e. The van der Waals surface area contributed by atoms with Crippen LogP contribution in [-0.4, -0.2) is 71.3 Å². The lowest BCUT2D eigenvalue weighted by Gasteiger charge is -2.38. The second-order valence-electron chi connectivity index (χ2n) is 11.3. The van der Waals surface area contributed by atoms with E-state index in [9.17, 15) is 14.7 Å². The highest BCUT2D eigenvalue weighted by Crippen LogP contribution is 2.67. The third-order valence-corrected chi connectivity index (χ3v) is 10.6. The fourth-order valence-corrected chi connectivity index (χ4v) is 7.48. The molecule has 1 aromatic rings. The highest BCUT2D eigenvalue weighted by molar-refractivity contribution is 8.16. The highest BCUT2D eigenvalue weighted by atomic mass is 32.2. The van der Waals surface area contributed by atoms with Crippen molar-refractivity contribution in [2.24, 2.45) is 10.9 Å². The Morgan fingerprint density at radius 1 is 1.36 bits per heavy atom. The molecule has 0 radical (unpaired) electrons. The van der Waals surface area contributed by atoms with Crippen molar-refractivity contribution in [3.05, 3.63) is 41.7 Å². The van der Waals surface area contributed by atoms with E-state index in [1.165, 1.54) is 17.8 Å². The Morgan fingerprint density at radius 2 is 2.06 bits per heavy atom. The van der Waals surface area contributed by atoms with Gasteiger partial charge in [0, 0.05) is 39.3 Å². The van der Waals surface area contributed by atoms with Crippen LogP contribution in [0, 0.1) is 11.7 Å². The molecule has 3 aliphatic rings. The zero-order valence-corrected chi connectivity index (χ0v) is 23.4. The molecule has 2 aliphatic heterocycles. The minimum atomic E-state index is -1.35. The average molecular weight is 534 g/mol. The van der Waals surface area contributed by atoms with Crippen molar-refractivity contribution in [1.82, 2.24) is 9.80 Å². The summed E-state index contributed by atoms with van der Waals surface area (Å²) in [5, 5.41) is 10.3. The van der Waals surface area contributed by atoms with Gasteiger partial charge in [-0.15, -0.1) is 0 Å². The van der Waals surface area contributed by atoms with Crippen molar-refractivity contribution < 1.29 is 23.8 Å². The molecule has 1 saturated heterocycles. The quantitative estimate of drug-likeness (QED) is 0.273. The number of rotatable bonds is 8. The van der Waals surface area contributed by atoms with Gasteiger partial charge >= 0.3 is 6.09 Å². The van der Waals surface area contributed by atoms with Gasteiger partial charge in [-0.05, 0) is 49.9 Å². The number of carbonyl (C=O) groups is 2. The number of carbonyl (C=O) groups excluding carboxylic acids is 1. The molecule has 1 saturated carbocycles. The summed E-state index contributed by atoms with van der Waals surface area (Å²) >= 11 is 1.21. The molecule has 1 N–H and O–H groups in total. The van der Waals surface area contributed by atoms with Crippen LogP contribution in [0.1, 0.15) is 37.3 Å². The number of fused-ring (bicyclic) bond motifs is 1. The molecule has 2 amide bonds. The maximum atomic E-state index is 15.2. The van der Waals surface area contributed by atoms with Crippen LogP contribution in [0.4, 0.5) is 9.18 Å². The molecule has 7 nitrogen and oxygen atoms in total. The first-order valence-corrected chi connectivity index (χ1v) is 17.0. The first kappa shape index (κ1) is 26.9. The summed E-state index contributed by atoms with van der Waals surface area (Å²) in [6.45, 7) is 13.9. The van der Waals surface area contributed by atoms with Crippen LogP contribution in [-0.2, 0) is 15.1 Å². The van der Waals surface area contributed by atoms with E-state index in [1.807, 2.05) is 11.8 Å². The summed E-state index contributed by atoms with van der Waals surface area (Å²) in [7, 11) is -1.35. The van der Waals surface area contributed by atoms with Gasteiger partial charge in [0.1, 0.15) is 17.3 Å². The van der Waals surface area contributed by atoms with Crippen molar-refractivity contribution >= 4 is 43.1 Å². The predicted octanol–water partition coefficient (Wildman–Crippen LogP) is 5.46. The molecule has 4 rings (SSSR count). The SMILES string of the molecule is C=Cc1ccc(F)c([C@@]2(C)N=C(N(COCC[Si](C)(C)C)C(=O)O)S[C@@]3(C(=O)N4CCCC4)C[C@H]32)c1. The molecule has 0 bridgehead atoms. The van der Waals surface area contributed by atoms with E-state index in [2.05, 4.69) is 26.2 Å². The summed E-state index contributed by atoms with van der Waals surface area (Å²) in [6, 6.07) is 5.63. The van der Waals surface area contributed by atoms with E-state index in [4.69, 9.17) is 9.73 Å². The number of ether oxygens (including phenoxy) is 1. The highest BCUT2D eigenvalue weighted by Gasteiger charge is 2.72. The van der Waals surface area contributed by atoms with Crippen LogP contribution in [0.25, 0.3) is 6.08 Å². The topological polar surface area (TPSA) is 82.4 Å². The summed E-state index contributed by atoms with van der Waals surface area (Å²) < 4.78 is 20.1. The van der Waals surface area contributed by atoms with Crippen molar-refractivity contribution in [3.8, 4) is 0 Å². The molecule has 2 fully saturated rings. The van der Waals surface area contributed by atoms with Gasteiger partial charge < -0.3 is 14.7 Å². The Morgan fingerprint density at radius 3 is 2.67 bits per heavy atom. The van der Waals surface area contributed by atoms with Crippen molar-refractivity contribution in [3.63, 3.8) is 0 Å². The van der Waals surface area contributed by atoms with Gasteiger partial charge in [-0.2, -0.15) is 0 Å². The Balaban J connectivity index is 1.71. The molecule has 1 aromatic carbocycles. The molecule has 0 unspecified atom stereocenters. The van der Waals surface area contributed by atoms with E-state index < -0.39 is 30.3 Å². The second-order valence-corrected chi connectivity index (χ2v) is 18.2. The largest absolute Gasteiger partial charge is 0.465 e. The van der Waals surface area contributed by atoms with E-state index in [1.54, 1.807) is 18.2 Å². The van der Waals surface area contributed by atoms with Crippen LogP contribution in [0.3, 0.4) is 0 Å². The minimum absolute atomic E-state index is 0.00102. The van der Waals surface area contributed by atoms with Crippen LogP contribution < -0.4 is 0 Å². The first-order chi connectivity index (χ1) is 16.9. The van der Waals surface area contributed by atoms with Crippen molar-refractivity contribution in [2.45, 2.75) is 62.2 Å². The number of amidine groups is 1. The number of hydrogen-bond donors (Lipinski definition) is 1. The van der Waals surface area contributed by atoms with Gasteiger partial charge in [-0.3, -0.25) is 9.79 Å². The summed E-state index contributed by atoms with van der Waals surface area (Å²) in [4.78, 5) is 33.9. The number of thioether (sulfide) groups is 1. The van der Waals surface area contributed by atoms with Gasteiger partial charge in [-0.1, -0.05) is 50.1 Å². The molecule has 0 spiro atoms. The van der Waals surface area contributed by atoms with Gasteiger partial charge in [0.25, 0.3) is 0 Å². The Hall–Kier alpha value is -2.17. The fraction of sp³-hybridized carbons (Fsp3) is 0.577. The van der Waals surface area contributed by atoms with E-state index >= 15 is 4.39 Å². The standard InChI is InChI=1S/C26H36FN3O4SSi/c1-6-18-9-10-20(27)19(15-18)25(2)21-16-26(21,22(31)29-11-7-8-12-29)35-23(28-25)30(24(32)33)17-34-13-14-36(3,4)5/h6,9-10,15,21H,1,7-8,11-14,16-17H2,2-5H3,(H,32,33)/t21-,25+,26-/m0/s1. The summed E-state index contributed by atoms with van der Waals surface area (Å²) in [6.07, 6.45) is 2.85. The predicted molar refractivity (Wildman–Crippen MR) is 144 cm³/mol. The number of amides is 2. The fourth-order valence-electron chi connectivity index (χ4n) is 5.09. The third kappa shape index (κ3) is 5.12. The average Bonchev–Trinajstić information content (AvgIpc) is 3.32. The maximum absolute atomic E-state index is 15.2. The Kier molecular flexibility index (Phi) is 7.42. The summed E-state index contributed by atoms with van der Waals surface area (Å²) in [5.74, 6) is -0.676. The van der Waals surface area contributed by atoms with Crippen LogP contribution >= 0.6 is 11.8 Å². The van der Waals surface area contributed by atoms with E-state index in [0.29, 0.717) is 31.7 Å². The molecule has 1 aliphatic carbocycles. The van der Waals surface area contributed by atoms with Gasteiger partial charge in [-0.25, -0.2) is 14.1 Å². The number of hydrogen-bond acceptors (Lipinski definition) is 5. The van der Waals surface area contributed by atoms with Crippen molar-refractivity contribution in [1.29, 1.82) is 0 Å². The zero-order valence-electron chi connectivity index (χ0n) is 21.6. The van der Waals surface area contributed by atoms with Gasteiger partial charge in [0.05, 0.1) is 5.54 Å². The molecule has 2 heterocycles. The normalized spacial score (nSPS) is 27.3. The lowest BCUT2D eigenvalue weighted by molar-refractivity contribution is -0.130. The number of likely N-dealkylation sites (tertiary alicyclic amines) is 1. The first-order valence-electron chi connectivity index (χ1n) is 12.5. The molecule has 36 heavy (non-hydrogen) atoms. The summed E-state index contributed by atoms with van der Waals surface area (Å²) in [5.41, 5.74) is -0.0151. The lowest BCUT2D eigenvalue weighted by Crippen LogP contribution is -2.48. The monoisotopic (exact) mass is 533 g/mol. The van der Waals surface area contributed by atoms with Crippen LogP contribution in [0.2, 0.25) is 25.7 Å².